The normalized spacial score (nSPS) is 16.1. The number of hydrogen-bond donors (Lipinski definition) is 0. The Morgan fingerprint density at radius 3 is 2.15 bits per heavy atom. The van der Waals surface area contributed by atoms with Gasteiger partial charge in [0.25, 0.3) is 5.69 Å². The number of likely N-dealkylation sites (N-methyl/N-ethyl adjacent to an activating group) is 1. The molecule has 7 nitrogen and oxygen atoms in total. The van der Waals surface area contributed by atoms with Crippen LogP contribution >= 0.6 is 0 Å². The zero-order valence-corrected chi connectivity index (χ0v) is 12.0. The minimum Gasteiger partial charge on any atom is -0.493 e. The number of methoxy groups -OCH3 is 2. The van der Waals surface area contributed by atoms with Gasteiger partial charge in [-0.2, -0.15) is 0 Å². The molecule has 2 rings (SSSR count). The lowest BCUT2D eigenvalue weighted by Gasteiger charge is -2.33. The Bertz CT molecular complexity index is 499. The summed E-state index contributed by atoms with van der Waals surface area (Å²) in [6, 6.07) is 3.11. The molecule has 0 unspecified atom stereocenters. The summed E-state index contributed by atoms with van der Waals surface area (Å²) in [6.45, 7) is 3.27. The minimum absolute atomic E-state index is 0.0483. The van der Waals surface area contributed by atoms with Crippen molar-refractivity contribution in [1.82, 2.24) is 4.90 Å². The van der Waals surface area contributed by atoms with Gasteiger partial charge in [0.1, 0.15) is 5.69 Å². The Morgan fingerprint density at radius 2 is 1.65 bits per heavy atom. The molecule has 1 heterocycles. The molecule has 1 aromatic carbocycles. The fraction of sp³-hybridized carbons (Fsp3) is 0.538. The van der Waals surface area contributed by atoms with Crippen LogP contribution in [-0.2, 0) is 0 Å². The highest BCUT2D eigenvalue weighted by Gasteiger charge is 2.25. The van der Waals surface area contributed by atoms with Gasteiger partial charge < -0.3 is 19.3 Å². The minimum atomic E-state index is -0.379. The maximum Gasteiger partial charge on any atom is 0.296 e. The molecule has 1 aliphatic rings. The molecule has 110 valence electrons. The Kier molecular flexibility index (Phi) is 4.29. The molecule has 1 fully saturated rings. The second-order valence-corrected chi connectivity index (χ2v) is 4.74. The molecule has 0 saturated carbocycles. The van der Waals surface area contributed by atoms with E-state index in [1.807, 2.05) is 11.9 Å². The molecule has 1 saturated heterocycles. The Labute approximate surface area is 117 Å². The number of nitro benzene ring substituents is 1. The van der Waals surface area contributed by atoms with Crippen LogP contribution in [0.4, 0.5) is 11.4 Å². The van der Waals surface area contributed by atoms with E-state index in [1.165, 1.54) is 20.3 Å². The molecule has 1 aromatic rings. The van der Waals surface area contributed by atoms with E-state index < -0.39 is 0 Å². The number of nitrogens with zero attached hydrogens (tertiary/aromatic N) is 3. The van der Waals surface area contributed by atoms with E-state index in [4.69, 9.17) is 9.47 Å². The van der Waals surface area contributed by atoms with E-state index in [9.17, 15) is 10.1 Å². The van der Waals surface area contributed by atoms with Crippen molar-refractivity contribution in [2.24, 2.45) is 0 Å². The van der Waals surface area contributed by atoms with Gasteiger partial charge in [-0.25, -0.2) is 0 Å². The molecular weight excluding hydrogens is 262 g/mol. The molecule has 0 N–H and O–H groups in total. The van der Waals surface area contributed by atoms with Crippen LogP contribution in [0, 0.1) is 10.1 Å². The number of nitro groups is 1. The van der Waals surface area contributed by atoms with Gasteiger partial charge >= 0.3 is 0 Å². The van der Waals surface area contributed by atoms with E-state index in [0.717, 1.165) is 26.2 Å². The van der Waals surface area contributed by atoms with Crippen LogP contribution in [0.5, 0.6) is 11.5 Å². The molecule has 0 spiro atoms. The smallest absolute Gasteiger partial charge is 0.296 e. The van der Waals surface area contributed by atoms with E-state index in [0.29, 0.717) is 17.2 Å². The first-order valence-corrected chi connectivity index (χ1v) is 6.40. The summed E-state index contributed by atoms with van der Waals surface area (Å²) in [5, 5.41) is 11.3. The van der Waals surface area contributed by atoms with E-state index in [1.54, 1.807) is 6.07 Å². The first-order valence-electron chi connectivity index (χ1n) is 6.40. The van der Waals surface area contributed by atoms with Gasteiger partial charge in [0, 0.05) is 32.2 Å². The summed E-state index contributed by atoms with van der Waals surface area (Å²) in [5.74, 6) is 0.879. The topological polar surface area (TPSA) is 68.1 Å². The molecule has 0 amide bonds. The van der Waals surface area contributed by atoms with Crippen molar-refractivity contribution in [3.63, 3.8) is 0 Å². The lowest BCUT2D eigenvalue weighted by molar-refractivity contribution is -0.384. The van der Waals surface area contributed by atoms with E-state index in [2.05, 4.69) is 4.90 Å². The third-order valence-corrected chi connectivity index (χ3v) is 3.52. The van der Waals surface area contributed by atoms with Crippen molar-refractivity contribution in [2.45, 2.75) is 0 Å². The molecular formula is C13H19N3O4. The van der Waals surface area contributed by atoms with Crippen molar-refractivity contribution < 1.29 is 14.4 Å². The second-order valence-electron chi connectivity index (χ2n) is 4.74. The fourth-order valence-electron chi connectivity index (χ4n) is 2.30. The number of piperazine rings is 1. The molecule has 0 aromatic heterocycles. The van der Waals surface area contributed by atoms with Crippen LogP contribution in [-0.4, -0.2) is 57.3 Å². The maximum atomic E-state index is 11.3. The third kappa shape index (κ3) is 2.77. The molecule has 7 heteroatoms. The molecule has 1 aliphatic heterocycles. The van der Waals surface area contributed by atoms with Crippen LogP contribution in [0.3, 0.4) is 0 Å². The van der Waals surface area contributed by atoms with Crippen molar-refractivity contribution in [3.05, 3.63) is 22.2 Å². The van der Waals surface area contributed by atoms with E-state index in [-0.39, 0.29) is 10.6 Å². The van der Waals surface area contributed by atoms with Crippen LogP contribution in [0.1, 0.15) is 0 Å². The zero-order chi connectivity index (χ0) is 14.7. The van der Waals surface area contributed by atoms with Crippen LogP contribution < -0.4 is 14.4 Å². The van der Waals surface area contributed by atoms with Crippen molar-refractivity contribution in [1.29, 1.82) is 0 Å². The van der Waals surface area contributed by atoms with Gasteiger partial charge in [0.2, 0.25) is 0 Å². The highest BCUT2D eigenvalue weighted by molar-refractivity contribution is 5.70. The monoisotopic (exact) mass is 281 g/mol. The van der Waals surface area contributed by atoms with Gasteiger partial charge in [-0.1, -0.05) is 0 Å². The number of ether oxygens (including phenoxy) is 2. The van der Waals surface area contributed by atoms with Crippen LogP contribution in [0.2, 0.25) is 0 Å². The summed E-state index contributed by atoms with van der Waals surface area (Å²) in [4.78, 5) is 15.1. The average molecular weight is 281 g/mol. The Balaban J connectivity index is 2.41. The highest BCUT2D eigenvalue weighted by atomic mass is 16.6. The predicted octanol–water partition coefficient (Wildman–Crippen LogP) is 1.36. The molecule has 20 heavy (non-hydrogen) atoms. The quantitative estimate of drug-likeness (QED) is 0.613. The Hall–Kier alpha value is -2.02. The summed E-state index contributed by atoms with van der Waals surface area (Å²) in [6.07, 6.45) is 0. The summed E-state index contributed by atoms with van der Waals surface area (Å²) in [5.41, 5.74) is 0.632. The number of benzene rings is 1. The lowest BCUT2D eigenvalue weighted by atomic mass is 10.2. The molecule has 0 bridgehead atoms. The van der Waals surface area contributed by atoms with Crippen molar-refractivity contribution >= 4 is 11.4 Å². The van der Waals surface area contributed by atoms with Gasteiger partial charge in [-0.3, -0.25) is 10.1 Å². The number of rotatable bonds is 4. The SMILES string of the molecule is COc1cc(N2CCN(C)CC2)c([N+](=O)[O-])cc1OC. The van der Waals surface area contributed by atoms with Crippen molar-refractivity contribution in [3.8, 4) is 11.5 Å². The first-order chi connectivity index (χ1) is 9.56. The summed E-state index contributed by atoms with van der Waals surface area (Å²) >= 11 is 0. The molecule has 0 atom stereocenters. The number of anilines is 1. The van der Waals surface area contributed by atoms with Crippen LogP contribution in [0.15, 0.2) is 12.1 Å². The molecule has 0 aliphatic carbocycles. The first kappa shape index (κ1) is 14.4. The second kappa shape index (κ2) is 5.96. The van der Waals surface area contributed by atoms with Crippen LogP contribution in [0.25, 0.3) is 0 Å². The van der Waals surface area contributed by atoms with Gasteiger partial charge in [-0.05, 0) is 7.05 Å². The predicted molar refractivity (Wildman–Crippen MR) is 75.9 cm³/mol. The Morgan fingerprint density at radius 1 is 1.10 bits per heavy atom. The van der Waals surface area contributed by atoms with Gasteiger partial charge in [0.05, 0.1) is 25.2 Å². The summed E-state index contributed by atoms with van der Waals surface area (Å²) < 4.78 is 10.4. The van der Waals surface area contributed by atoms with Gasteiger partial charge in [-0.15, -0.1) is 0 Å². The largest absolute Gasteiger partial charge is 0.493 e. The van der Waals surface area contributed by atoms with Gasteiger partial charge in [0.15, 0.2) is 11.5 Å². The maximum absolute atomic E-state index is 11.3. The zero-order valence-electron chi connectivity index (χ0n) is 12.0. The standard InChI is InChI=1S/C13H19N3O4/c1-14-4-6-15(7-5-14)10-8-12(19-2)13(20-3)9-11(10)16(17)18/h8-9H,4-7H2,1-3H3. The fourth-order valence-corrected chi connectivity index (χ4v) is 2.30. The summed E-state index contributed by atoms with van der Waals surface area (Å²) in [7, 11) is 5.04. The lowest BCUT2D eigenvalue weighted by Crippen LogP contribution is -2.44. The highest BCUT2D eigenvalue weighted by Crippen LogP contribution is 2.39. The van der Waals surface area contributed by atoms with E-state index >= 15 is 0 Å². The van der Waals surface area contributed by atoms with Crippen molar-refractivity contribution in [2.75, 3.05) is 52.3 Å². The average Bonchev–Trinajstić information content (AvgIpc) is 2.46. The molecule has 0 radical (unpaired) electrons. The number of hydrogen-bond acceptors (Lipinski definition) is 6. The third-order valence-electron chi connectivity index (χ3n) is 3.52.